The van der Waals surface area contributed by atoms with Gasteiger partial charge in [0.05, 0.1) is 22.0 Å². The molecule has 0 saturated heterocycles. The fraction of sp³-hybridized carbons (Fsp3) is 0.571. The first kappa shape index (κ1) is 17.8. The van der Waals surface area contributed by atoms with Gasteiger partial charge < -0.3 is 5.32 Å². The summed E-state index contributed by atoms with van der Waals surface area (Å²) >= 11 is 1.51. The summed E-state index contributed by atoms with van der Waals surface area (Å²) < 4.78 is 0. The molecule has 1 amide bonds. The minimum atomic E-state index is -0.176. The molecule has 2 fully saturated rings. The number of carbonyl (C=O) groups is 1. The molecule has 2 aliphatic rings. The van der Waals surface area contributed by atoms with Crippen LogP contribution in [0.5, 0.6) is 0 Å². The van der Waals surface area contributed by atoms with Gasteiger partial charge in [-0.2, -0.15) is 0 Å². The van der Waals surface area contributed by atoms with Crippen LogP contribution in [0.15, 0.2) is 29.3 Å². The molecule has 0 aliphatic heterocycles. The highest BCUT2D eigenvalue weighted by molar-refractivity contribution is 8.00. The predicted octanol–water partition coefficient (Wildman–Crippen LogP) is 4.36. The van der Waals surface area contributed by atoms with Crippen LogP contribution in [0.1, 0.15) is 45.2 Å². The van der Waals surface area contributed by atoms with E-state index >= 15 is 0 Å². The summed E-state index contributed by atoms with van der Waals surface area (Å²) in [5, 5.41) is 3.95. The quantitative estimate of drug-likeness (QED) is 0.796. The molecule has 1 heterocycles. The second-order valence-electron chi connectivity index (χ2n) is 8.00. The molecule has 4 nitrogen and oxygen atoms in total. The van der Waals surface area contributed by atoms with E-state index in [-0.39, 0.29) is 17.2 Å². The van der Waals surface area contributed by atoms with Crippen LogP contribution in [0.2, 0.25) is 0 Å². The zero-order valence-electron chi connectivity index (χ0n) is 15.7. The number of para-hydroxylation sites is 2. The Morgan fingerprint density at radius 2 is 1.88 bits per heavy atom. The number of carbonyl (C=O) groups excluding carboxylic acids is 1. The lowest BCUT2D eigenvalue weighted by molar-refractivity contribution is -0.121. The molecule has 2 aliphatic carbocycles. The van der Waals surface area contributed by atoms with Crippen molar-refractivity contribution < 1.29 is 4.79 Å². The number of benzene rings is 1. The summed E-state index contributed by atoms with van der Waals surface area (Å²) in [6.45, 7) is 6.11. The Kier molecular flexibility index (Phi) is 4.91. The van der Waals surface area contributed by atoms with Gasteiger partial charge in [-0.05, 0) is 69.9 Å². The van der Waals surface area contributed by atoms with Crippen molar-refractivity contribution in [1.82, 2.24) is 15.3 Å². The number of aryl methyl sites for hydroxylation is 1. The summed E-state index contributed by atoms with van der Waals surface area (Å²) in [5.74, 6) is 2.51. The maximum Gasteiger partial charge on any atom is 0.233 e. The van der Waals surface area contributed by atoms with Crippen LogP contribution in [-0.4, -0.2) is 27.2 Å². The van der Waals surface area contributed by atoms with E-state index in [1.54, 1.807) is 0 Å². The Balaban J connectivity index is 1.40. The molecule has 0 spiro atoms. The average Bonchev–Trinajstić information content (AvgIpc) is 3.25. The highest BCUT2D eigenvalue weighted by Crippen LogP contribution is 2.49. The van der Waals surface area contributed by atoms with Gasteiger partial charge in [-0.3, -0.25) is 4.79 Å². The molecule has 0 radical (unpaired) electrons. The fourth-order valence-electron chi connectivity index (χ4n) is 4.76. The smallest absolute Gasteiger partial charge is 0.233 e. The van der Waals surface area contributed by atoms with Gasteiger partial charge in [-0.1, -0.05) is 30.3 Å². The molecule has 2 bridgehead atoms. The summed E-state index contributed by atoms with van der Waals surface area (Å²) in [6, 6.07) is 8.14. The molecule has 2 saturated carbocycles. The number of nitrogens with zero attached hydrogens (tertiary/aromatic N) is 2. The lowest BCUT2D eigenvalue weighted by Gasteiger charge is -2.29. The number of amides is 1. The zero-order valence-corrected chi connectivity index (χ0v) is 16.6. The van der Waals surface area contributed by atoms with Crippen molar-refractivity contribution in [2.75, 3.05) is 0 Å². The van der Waals surface area contributed by atoms with Crippen molar-refractivity contribution in [2.45, 2.75) is 62.8 Å². The minimum absolute atomic E-state index is 0.111. The van der Waals surface area contributed by atoms with E-state index in [0.717, 1.165) is 33.6 Å². The van der Waals surface area contributed by atoms with Crippen LogP contribution >= 0.6 is 11.8 Å². The molecular formula is C21H27N3OS. The Bertz CT molecular complexity index is 824. The summed E-state index contributed by atoms with van der Waals surface area (Å²) in [6.07, 6.45) is 5.42. The Labute approximate surface area is 159 Å². The SMILES string of the molecule is Cc1nc2ccccc2nc1SC(C)C(=O)NC(C)C1CC2CCC1C2. The normalized spacial score (nSPS) is 26.8. The van der Waals surface area contributed by atoms with Gasteiger partial charge in [-0.25, -0.2) is 9.97 Å². The van der Waals surface area contributed by atoms with Crippen LogP contribution < -0.4 is 5.32 Å². The number of hydrogen-bond acceptors (Lipinski definition) is 4. The first-order valence-corrected chi connectivity index (χ1v) is 10.6. The number of rotatable bonds is 5. The monoisotopic (exact) mass is 369 g/mol. The largest absolute Gasteiger partial charge is 0.352 e. The van der Waals surface area contributed by atoms with Crippen molar-refractivity contribution in [3.05, 3.63) is 30.0 Å². The van der Waals surface area contributed by atoms with Crippen molar-refractivity contribution in [2.24, 2.45) is 17.8 Å². The van der Waals surface area contributed by atoms with E-state index in [2.05, 4.69) is 17.2 Å². The molecule has 2 aromatic rings. The molecule has 1 N–H and O–H groups in total. The standard InChI is InChI=1S/C21H27N3OS/c1-12(17-11-15-8-9-16(17)10-15)23-20(25)14(3)26-21-13(2)22-18-6-4-5-7-19(18)24-21/h4-7,12,14-17H,8-11H2,1-3H3,(H,23,25). The Morgan fingerprint density at radius 1 is 1.15 bits per heavy atom. The third kappa shape index (κ3) is 3.46. The zero-order chi connectivity index (χ0) is 18.3. The summed E-state index contributed by atoms with van der Waals surface area (Å²) in [4.78, 5) is 22.0. The molecular weight excluding hydrogens is 342 g/mol. The van der Waals surface area contributed by atoms with Crippen LogP contribution in [0.3, 0.4) is 0 Å². The first-order chi connectivity index (χ1) is 12.5. The number of nitrogens with one attached hydrogen (secondary N) is 1. The predicted molar refractivity (Wildman–Crippen MR) is 106 cm³/mol. The molecule has 5 atom stereocenters. The topological polar surface area (TPSA) is 54.9 Å². The van der Waals surface area contributed by atoms with Gasteiger partial charge in [0.2, 0.25) is 5.91 Å². The van der Waals surface area contributed by atoms with Crippen molar-refractivity contribution in [3.63, 3.8) is 0 Å². The molecule has 4 rings (SSSR count). The molecule has 5 unspecified atom stereocenters. The van der Waals surface area contributed by atoms with Gasteiger partial charge in [0.1, 0.15) is 5.03 Å². The van der Waals surface area contributed by atoms with Crippen LogP contribution in [0.4, 0.5) is 0 Å². The van der Waals surface area contributed by atoms with Gasteiger partial charge in [0.25, 0.3) is 0 Å². The number of thioether (sulfide) groups is 1. The Hall–Kier alpha value is -1.62. The molecule has 1 aromatic carbocycles. The average molecular weight is 370 g/mol. The first-order valence-electron chi connectivity index (χ1n) is 9.71. The third-order valence-corrected chi connectivity index (χ3v) is 7.34. The minimum Gasteiger partial charge on any atom is -0.352 e. The van der Waals surface area contributed by atoms with E-state index < -0.39 is 0 Å². The highest BCUT2D eigenvalue weighted by Gasteiger charge is 2.42. The second kappa shape index (κ2) is 7.18. The second-order valence-corrected chi connectivity index (χ2v) is 9.33. The van der Waals surface area contributed by atoms with Gasteiger partial charge in [0.15, 0.2) is 0 Å². The lowest BCUT2D eigenvalue weighted by Crippen LogP contribution is -2.43. The van der Waals surface area contributed by atoms with Crippen LogP contribution in [0.25, 0.3) is 11.0 Å². The number of fused-ring (bicyclic) bond motifs is 3. The van der Waals surface area contributed by atoms with Crippen molar-refractivity contribution >= 4 is 28.7 Å². The van der Waals surface area contributed by atoms with Crippen LogP contribution in [0, 0.1) is 24.7 Å². The number of aromatic nitrogens is 2. The van der Waals surface area contributed by atoms with Crippen molar-refractivity contribution in [1.29, 1.82) is 0 Å². The van der Waals surface area contributed by atoms with E-state index in [1.165, 1.54) is 37.4 Å². The van der Waals surface area contributed by atoms with Gasteiger partial charge in [0, 0.05) is 6.04 Å². The van der Waals surface area contributed by atoms with Crippen molar-refractivity contribution in [3.8, 4) is 0 Å². The highest BCUT2D eigenvalue weighted by atomic mass is 32.2. The third-order valence-electron chi connectivity index (χ3n) is 6.16. The number of hydrogen-bond donors (Lipinski definition) is 1. The van der Waals surface area contributed by atoms with Gasteiger partial charge in [-0.15, -0.1) is 0 Å². The van der Waals surface area contributed by atoms with Gasteiger partial charge >= 0.3 is 0 Å². The molecule has 1 aromatic heterocycles. The summed E-state index contributed by atoms with van der Waals surface area (Å²) in [7, 11) is 0. The van der Waals surface area contributed by atoms with E-state index in [9.17, 15) is 4.79 Å². The Morgan fingerprint density at radius 3 is 2.54 bits per heavy atom. The van der Waals surface area contributed by atoms with E-state index in [1.807, 2.05) is 38.1 Å². The summed E-state index contributed by atoms with van der Waals surface area (Å²) in [5.41, 5.74) is 2.66. The maximum absolute atomic E-state index is 12.7. The lowest BCUT2D eigenvalue weighted by atomic mass is 9.84. The van der Waals surface area contributed by atoms with E-state index in [4.69, 9.17) is 4.98 Å². The fourth-order valence-corrected chi connectivity index (χ4v) is 5.64. The molecule has 26 heavy (non-hydrogen) atoms. The maximum atomic E-state index is 12.7. The molecule has 138 valence electrons. The molecule has 5 heteroatoms. The van der Waals surface area contributed by atoms with Crippen LogP contribution in [-0.2, 0) is 4.79 Å². The van der Waals surface area contributed by atoms with E-state index in [0.29, 0.717) is 5.92 Å².